The van der Waals surface area contributed by atoms with E-state index < -0.39 is 0 Å². The highest BCUT2D eigenvalue weighted by Gasteiger charge is 2.27. The van der Waals surface area contributed by atoms with Crippen LogP contribution in [0.3, 0.4) is 0 Å². The van der Waals surface area contributed by atoms with Gasteiger partial charge in [0, 0.05) is 5.92 Å². The smallest absolute Gasteiger partial charge is 0.0503 e. The van der Waals surface area contributed by atoms with E-state index in [0.29, 0.717) is 11.8 Å². The highest BCUT2D eigenvalue weighted by molar-refractivity contribution is 5.25. The largest absolute Gasteiger partial charge is 0.396 e. The topological polar surface area (TPSA) is 32.3 Å². The first kappa shape index (κ1) is 9.69. The van der Waals surface area contributed by atoms with Crippen molar-refractivity contribution in [3.05, 3.63) is 35.4 Å². The van der Waals surface area contributed by atoms with Crippen LogP contribution in [0, 0.1) is 12.8 Å². The van der Waals surface area contributed by atoms with Crippen LogP contribution in [-0.4, -0.2) is 24.8 Å². The molecule has 0 bridgehead atoms. The maximum absolute atomic E-state index is 9.36. The third-order valence-electron chi connectivity index (χ3n) is 3.08. The summed E-state index contributed by atoms with van der Waals surface area (Å²) < 4.78 is 0. The van der Waals surface area contributed by atoms with Gasteiger partial charge in [0.15, 0.2) is 0 Å². The lowest BCUT2D eigenvalue weighted by Crippen LogP contribution is -2.46. The highest BCUT2D eigenvalue weighted by atomic mass is 16.3. The van der Waals surface area contributed by atoms with Crippen molar-refractivity contribution in [1.82, 2.24) is 5.32 Å². The highest BCUT2D eigenvalue weighted by Crippen LogP contribution is 2.27. The first-order chi connectivity index (χ1) is 6.81. The second kappa shape index (κ2) is 4.11. The van der Waals surface area contributed by atoms with Crippen LogP contribution in [0.2, 0.25) is 0 Å². The summed E-state index contributed by atoms with van der Waals surface area (Å²) in [7, 11) is 0. The number of rotatable bonds is 3. The third-order valence-corrected chi connectivity index (χ3v) is 3.08. The minimum Gasteiger partial charge on any atom is -0.396 e. The molecule has 1 unspecified atom stereocenters. The number of hydrogen-bond donors (Lipinski definition) is 2. The van der Waals surface area contributed by atoms with Crippen LogP contribution in [0.5, 0.6) is 0 Å². The Kier molecular flexibility index (Phi) is 2.85. The van der Waals surface area contributed by atoms with Crippen molar-refractivity contribution in [2.75, 3.05) is 19.7 Å². The molecule has 0 aromatic heterocycles. The van der Waals surface area contributed by atoms with Gasteiger partial charge in [0.2, 0.25) is 0 Å². The van der Waals surface area contributed by atoms with E-state index in [0.717, 1.165) is 13.1 Å². The summed E-state index contributed by atoms with van der Waals surface area (Å²) >= 11 is 0. The second-order valence-electron chi connectivity index (χ2n) is 4.12. The van der Waals surface area contributed by atoms with Crippen LogP contribution in [0.15, 0.2) is 24.3 Å². The Bertz CT molecular complexity index is 290. The number of benzene rings is 1. The van der Waals surface area contributed by atoms with Gasteiger partial charge in [0.1, 0.15) is 0 Å². The van der Waals surface area contributed by atoms with Crippen molar-refractivity contribution >= 4 is 0 Å². The van der Waals surface area contributed by atoms with E-state index >= 15 is 0 Å². The molecule has 0 spiro atoms. The molecule has 2 nitrogen and oxygen atoms in total. The standard InChI is InChI=1S/C12H17NO/c1-9-2-4-10(5-3-9)12(8-14)11-6-13-7-11/h2-5,11-14H,6-8H2,1H3. The molecule has 1 aromatic rings. The Morgan fingerprint density at radius 3 is 2.43 bits per heavy atom. The van der Waals surface area contributed by atoms with E-state index in [9.17, 15) is 5.11 Å². The Morgan fingerprint density at radius 1 is 1.36 bits per heavy atom. The maximum Gasteiger partial charge on any atom is 0.0503 e. The van der Waals surface area contributed by atoms with Crippen LogP contribution >= 0.6 is 0 Å². The molecular weight excluding hydrogens is 174 g/mol. The summed E-state index contributed by atoms with van der Waals surface area (Å²) in [5.74, 6) is 0.930. The zero-order valence-corrected chi connectivity index (χ0v) is 8.53. The SMILES string of the molecule is Cc1ccc(C(CO)C2CNC2)cc1. The number of aliphatic hydroxyl groups excluding tert-OH is 1. The summed E-state index contributed by atoms with van der Waals surface area (Å²) in [5.41, 5.74) is 2.54. The molecule has 1 aliphatic heterocycles. The van der Waals surface area contributed by atoms with Gasteiger partial charge in [-0.2, -0.15) is 0 Å². The van der Waals surface area contributed by atoms with E-state index in [-0.39, 0.29) is 6.61 Å². The van der Waals surface area contributed by atoms with Gasteiger partial charge in [-0.25, -0.2) is 0 Å². The van der Waals surface area contributed by atoms with Crippen LogP contribution in [0.25, 0.3) is 0 Å². The van der Waals surface area contributed by atoms with Crippen molar-refractivity contribution in [2.24, 2.45) is 5.92 Å². The van der Waals surface area contributed by atoms with Gasteiger partial charge >= 0.3 is 0 Å². The molecule has 0 radical (unpaired) electrons. The monoisotopic (exact) mass is 191 g/mol. The molecule has 0 saturated carbocycles. The molecule has 14 heavy (non-hydrogen) atoms. The Labute approximate surface area is 85.0 Å². The lowest BCUT2D eigenvalue weighted by atomic mass is 9.83. The van der Waals surface area contributed by atoms with Crippen molar-refractivity contribution in [1.29, 1.82) is 0 Å². The van der Waals surface area contributed by atoms with Crippen LogP contribution in [0.1, 0.15) is 17.0 Å². The first-order valence-corrected chi connectivity index (χ1v) is 5.19. The van der Waals surface area contributed by atoms with Gasteiger partial charge in [-0.15, -0.1) is 0 Å². The molecule has 1 aromatic carbocycles. The van der Waals surface area contributed by atoms with Gasteiger partial charge in [0.25, 0.3) is 0 Å². The molecule has 1 heterocycles. The number of hydrogen-bond acceptors (Lipinski definition) is 2. The molecule has 76 valence electrons. The third kappa shape index (κ3) is 1.81. The fourth-order valence-electron chi connectivity index (χ4n) is 1.94. The number of aryl methyl sites for hydroxylation is 1. The van der Waals surface area contributed by atoms with E-state index in [2.05, 4.69) is 36.5 Å². The molecule has 1 saturated heterocycles. The summed E-state index contributed by atoms with van der Waals surface area (Å²) in [5, 5.41) is 12.6. The molecule has 1 fully saturated rings. The van der Waals surface area contributed by atoms with Crippen molar-refractivity contribution < 1.29 is 5.11 Å². The normalized spacial score (nSPS) is 19.0. The predicted octanol–water partition coefficient (Wildman–Crippen LogP) is 1.29. The van der Waals surface area contributed by atoms with Crippen molar-refractivity contribution in [2.45, 2.75) is 12.8 Å². The average Bonchev–Trinajstić information content (AvgIpc) is 2.13. The molecule has 1 aliphatic rings. The fraction of sp³-hybridized carbons (Fsp3) is 0.500. The second-order valence-corrected chi connectivity index (χ2v) is 4.12. The van der Waals surface area contributed by atoms with Crippen LogP contribution in [0.4, 0.5) is 0 Å². The molecule has 2 rings (SSSR count). The Hall–Kier alpha value is -0.860. The van der Waals surface area contributed by atoms with Gasteiger partial charge in [-0.1, -0.05) is 29.8 Å². The van der Waals surface area contributed by atoms with Gasteiger partial charge in [-0.05, 0) is 31.5 Å². The first-order valence-electron chi connectivity index (χ1n) is 5.19. The minimum atomic E-state index is 0.259. The summed E-state index contributed by atoms with van der Waals surface area (Å²) in [6.45, 7) is 4.43. The molecule has 2 heteroatoms. The molecular formula is C12H17NO. The summed E-state index contributed by atoms with van der Waals surface area (Å²) in [4.78, 5) is 0. The number of aliphatic hydroxyl groups is 1. The molecule has 1 atom stereocenters. The predicted molar refractivity (Wildman–Crippen MR) is 57.4 cm³/mol. The molecule has 2 N–H and O–H groups in total. The van der Waals surface area contributed by atoms with Crippen LogP contribution in [-0.2, 0) is 0 Å². The molecule has 0 aliphatic carbocycles. The quantitative estimate of drug-likeness (QED) is 0.754. The lowest BCUT2D eigenvalue weighted by molar-refractivity contribution is 0.188. The summed E-state index contributed by atoms with van der Waals surface area (Å²) in [6, 6.07) is 8.50. The minimum absolute atomic E-state index is 0.259. The van der Waals surface area contributed by atoms with E-state index in [4.69, 9.17) is 0 Å². The van der Waals surface area contributed by atoms with Gasteiger partial charge in [0.05, 0.1) is 6.61 Å². The van der Waals surface area contributed by atoms with E-state index in [1.807, 2.05) is 0 Å². The van der Waals surface area contributed by atoms with Gasteiger partial charge in [-0.3, -0.25) is 0 Å². The van der Waals surface area contributed by atoms with Crippen molar-refractivity contribution in [3.8, 4) is 0 Å². The maximum atomic E-state index is 9.36. The lowest BCUT2D eigenvalue weighted by Gasteiger charge is -2.34. The Morgan fingerprint density at radius 2 is 2.00 bits per heavy atom. The fourth-order valence-corrected chi connectivity index (χ4v) is 1.94. The zero-order valence-electron chi connectivity index (χ0n) is 8.53. The zero-order chi connectivity index (χ0) is 9.97. The van der Waals surface area contributed by atoms with E-state index in [1.165, 1.54) is 11.1 Å². The van der Waals surface area contributed by atoms with Crippen molar-refractivity contribution in [3.63, 3.8) is 0 Å². The van der Waals surface area contributed by atoms with Gasteiger partial charge < -0.3 is 10.4 Å². The molecule has 0 amide bonds. The van der Waals surface area contributed by atoms with E-state index in [1.54, 1.807) is 0 Å². The number of nitrogens with one attached hydrogen (secondary N) is 1. The van der Waals surface area contributed by atoms with Crippen LogP contribution < -0.4 is 5.32 Å². The summed E-state index contributed by atoms with van der Waals surface area (Å²) in [6.07, 6.45) is 0. The Balaban J connectivity index is 2.14. The average molecular weight is 191 g/mol.